The Morgan fingerprint density at radius 2 is 1.91 bits per heavy atom. The summed E-state index contributed by atoms with van der Waals surface area (Å²) in [4.78, 5) is 17.3. The number of rotatable bonds is 4. The van der Waals surface area contributed by atoms with Crippen LogP contribution in [0.3, 0.4) is 0 Å². The highest BCUT2D eigenvalue weighted by Gasteiger charge is 2.51. The zero-order chi connectivity index (χ0) is 22.6. The molecule has 0 unspecified atom stereocenters. The molecule has 3 heterocycles. The van der Waals surface area contributed by atoms with Crippen LogP contribution in [0, 0.1) is 20.8 Å². The van der Waals surface area contributed by atoms with Gasteiger partial charge in [-0.2, -0.15) is 5.10 Å². The van der Waals surface area contributed by atoms with Crippen molar-refractivity contribution in [2.45, 2.75) is 38.7 Å². The fourth-order valence-corrected chi connectivity index (χ4v) is 6.57. The van der Waals surface area contributed by atoms with Gasteiger partial charge in [0.25, 0.3) is 5.91 Å². The summed E-state index contributed by atoms with van der Waals surface area (Å²) in [5, 5.41) is 6.03. The van der Waals surface area contributed by atoms with E-state index < -0.39 is 0 Å². The molecule has 2 aliphatic heterocycles. The maximum Gasteiger partial charge on any atom is 0.257 e. The quantitative estimate of drug-likeness (QED) is 0.474. The van der Waals surface area contributed by atoms with Crippen molar-refractivity contribution in [3.63, 3.8) is 0 Å². The zero-order valence-corrected chi connectivity index (χ0v) is 20.5. The number of aryl methyl sites for hydroxylation is 2. The summed E-state index contributed by atoms with van der Waals surface area (Å²) in [5.74, 6) is 0.758. The SMILES string of the molecule is Cc1ccc([C@@H]2SC[C@@H]3C(=O)N(c4c(C)nn(Cc5cccc(Cl)c5)c4C)C(=S)N32)cc1. The minimum Gasteiger partial charge on any atom is -0.319 e. The molecule has 0 N–H and O–H groups in total. The largest absolute Gasteiger partial charge is 0.319 e. The second kappa shape index (κ2) is 8.21. The Bertz CT molecular complexity index is 1220. The molecule has 2 aromatic carbocycles. The van der Waals surface area contributed by atoms with E-state index in [1.165, 1.54) is 11.1 Å². The van der Waals surface area contributed by atoms with Gasteiger partial charge < -0.3 is 4.90 Å². The van der Waals surface area contributed by atoms with E-state index in [4.69, 9.17) is 28.9 Å². The van der Waals surface area contributed by atoms with Gasteiger partial charge in [-0.05, 0) is 56.2 Å². The number of carbonyl (C=O) groups excluding carboxylic acids is 1. The molecule has 0 aliphatic carbocycles. The molecule has 2 saturated heterocycles. The fourth-order valence-electron chi connectivity index (χ4n) is 4.46. The molecule has 1 aromatic heterocycles. The van der Waals surface area contributed by atoms with Crippen LogP contribution in [0.5, 0.6) is 0 Å². The van der Waals surface area contributed by atoms with Gasteiger partial charge in [0, 0.05) is 10.8 Å². The van der Waals surface area contributed by atoms with Crippen LogP contribution in [-0.2, 0) is 11.3 Å². The average Bonchev–Trinajstić information content (AvgIpc) is 3.38. The molecule has 0 saturated carbocycles. The number of fused-ring (bicyclic) bond motifs is 1. The summed E-state index contributed by atoms with van der Waals surface area (Å²) in [6.45, 7) is 6.58. The number of hydrogen-bond donors (Lipinski definition) is 0. The third kappa shape index (κ3) is 3.52. The first-order chi connectivity index (χ1) is 15.3. The Kier molecular flexibility index (Phi) is 5.51. The first-order valence-electron chi connectivity index (χ1n) is 10.5. The van der Waals surface area contributed by atoms with Gasteiger partial charge >= 0.3 is 0 Å². The normalized spacial score (nSPS) is 20.4. The highest BCUT2D eigenvalue weighted by molar-refractivity contribution is 7.99. The predicted molar refractivity (Wildman–Crippen MR) is 134 cm³/mol. The summed E-state index contributed by atoms with van der Waals surface area (Å²) < 4.78 is 1.92. The molecule has 2 fully saturated rings. The van der Waals surface area contributed by atoms with Crippen molar-refractivity contribution < 1.29 is 4.79 Å². The molecule has 1 amide bonds. The van der Waals surface area contributed by atoms with Gasteiger partial charge in [0.2, 0.25) is 0 Å². The molecule has 8 heteroatoms. The molecular formula is C24H23ClN4OS2. The molecule has 32 heavy (non-hydrogen) atoms. The van der Waals surface area contributed by atoms with E-state index in [1.807, 2.05) is 42.8 Å². The number of carbonyl (C=O) groups is 1. The van der Waals surface area contributed by atoms with E-state index >= 15 is 0 Å². The molecule has 5 nitrogen and oxygen atoms in total. The first kappa shape index (κ1) is 21.5. The first-order valence-corrected chi connectivity index (χ1v) is 12.3. The van der Waals surface area contributed by atoms with E-state index in [-0.39, 0.29) is 17.3 Å². The number of hydrogen-bond acceptors (Lipinski definition) is 4. The van der Waals surface area contributed by atoms with Gasteiger partial charge in [0.15, 0.2) is 5.11 Å². The Morgan fingerprint density at radius 1 is 1.16 bits per heavy atom. The molecule has 2 atom stereocenters. The van der Waals surface area contributed by atoms with E-state index in [9.17, 15) is 4.79 Å². The van der Waals surface area contributed by atoms with E-state index in [0.717, 1.165) is 28.4 Å². The molecule has 0 spiro atoms. The van der Waals surface area contributed by atoms with Crippen LogP contribution in [0.25, 0.3) is 0 Å². The number of nitrogens with zero attached hydrogens (tertiary/aromatic N) is 4. The van der Waals surface area contributed by atoms with Crippen LogP contribution in [0.15, 0.2) is 48.5 Å². The van der Waals surface area contributed by atoms with Crippen molar-refractivity contribution in [1.29, 1.82) is 0 Å². The monoisotopic (exact) mass is 482 g/mol. The van der Waals surface area contributed by atoms with Gasteiger partial charge in [-0.25, -0.2) is 0 Å². The Hall–Kier alpha value is -2.35. The number of benzene rings is 2. The van der Waals surface area contributed by atoms with Gasteiger partial charge in [0.05, 0.1) is 23.6 Å². The molecule has 3 aromatic rings. The van der Waals surface area contributed by atoms with Crippen LogP contribution in [-0.4, -0.2) is 37.5 Å². The Morgan fingerprint density at radius 3 is 2.62 bits per heavy atom. The van der Waals surface area contributed by atoms with Crippen molar-refractivity contribution in [3.05, 3.63) is 81.6 Å². The second-order valence-corrected chi connectivity index (χ2v) is 10.2. The zero-order valence-electron chi connectivity index (χ0n) is 18.1. The molecule has 164 valence electrons. The summed E-state index contributed by atoms with van der Waals surface area (Å²) in [6.07, 6.45) is 0. The van der Waals surface area contributed by atoms with Gasteiger partial charge in [-0.1, -0.05) is 53.6 Å². The maximum absolute atomic E-state index is 13.5. The molecular weight excluding hydrogens is 460 g/mol. The van der Waals surface area contributed by atoms with Gasteiger partial charge in [0.1, 0.15) is 11.4 Å². The fraction of sp³-hybridized carbons (Fsp3) is 0.292. The van der Waals surface area contributed by atoms with Crippen molar-refractivity contribution in [2.24, 2.45) is 0 Å². The third-order valence-electron chi connectivity index (χ3n) is 6.07. The Labute approximate surface area is 202 Å². The number of aromatic nitrogens is 2. The van der Waals surface area contributed by atoms with Crippen molar-refractivity contribution >= 4 is 52.3 Å². The lowest BCUT2D eigenvalue weighted by molar-refractivity contribution is -0.119. The lowest BCUT2D eigenvalue weighted by atomic mass is 10.1. The molecule has 0 bridgehead atoms. The summed E-state index contributed by atoms with van der Waals surface area (Å²) >= 11 is 13.8. The van der Waals surface area contributed by atoms with Crippen LogP contribution in [0.2, 0.25) is 5.02 Å². The number of amides is 1. The third-order valence-corrected chi connectivity index (χ3v) is 8.02. The maximum atomic E-state index is 13.5. The second-order valence-electron chi connectivity index (χ2n) is 8.28. The summed E-state index contributed by atoms with van der Waals surface area (Å²) in [5.41, 5.74) is 5.95. The number of halogens is 1. The number of thiocarbonyl (C=S) groups is 1. The average molecular weight is 483 g/mol. The van der Waals surface area contributed by atoms with E-state index in [1.54, 1.807) is 16.7 Å². The topological polar surface area (TPSA) is 41.4 Å². The lowest BCUT2D eigenvalue weighted by Gasteiger charge is -2.25. The van der Waals surface area contributed by atoms with Gasteiger partial charge in [-0.15, -0.1) is 11.8 Å². The molecule has 2 aliphatic rings. The van der Waals surface area contributed by atoms with Crippen LogP contribution >= 0.6 is 35.6 Å². The number of anilines is 1. The van der Waals surface area contributed by atoms with E-state index in [2.05, 4.69) is 36.1 Å². The smallest absolute Gasteiger partial charge is 0.257 e. The minimum absolute atomic E-state index is 0.0330. The highest BCUT2D eigenvalue weighted by atomic mass is 35.5. The standard InChI is InChI=1S/C24H23ClN4OS2/c1-14-7-9-18(10-8-14)23-28-20(13-32-23)22(30)29(24(28)31)21-15(2)26-27(16(21)3)12-17-5-4-6-19(25)11-17/h4-11,20,23H,12-13H2,1-3H3/t20-,23+/m1/s1. The molecule has 5 rings (SSSR count). The van der Waals surface area contributed by atoms with E-state index in [0.29, 0.717) is 16.7 Å². The van der Waals surface area contributed by atoms with Crippen molar-refractivity contribution in [1.82, 2.24) is 14.7 Å². The Balaban J connectivity index is 1.47. The van der Waals surface area contributed by atoms with Crippen molar-refractivity contribution in [2.75, 3.05) is 10.7 Å². The predicted octanol–water partition coefficient (Wildman–Crippen LogP) is 5.26. The number of thioether (sulfide) groups is 1. The molecule has 0 radical (unpaired) electrons. The summed E-state index contributed by atoms with van der Waals surface area (Å²) in [7, 11) is 0. The van der Waals surface area contributed by atoms with Gasteiger partial charge in [-0.3, -0.25) is 14.4 Å². The highest BCUT2D eigenvalue weighted by Crippen LogP contribution is 2.47. The summed E-state index contributed by atoms with van der Waals surface area (Å²) in [6, 6.07) is 16.0. The van der Waals surface area contributed by atoms with Crippen LogP contribution in [0.1, 0.15) is 33.5 Å². The van der Waals surface area contributed by atoms with Crippen LogP contribution in [0.4, 0.5) is 5.69 Å². The van der Waals surface area contributed by atoms with Crippen molar-refractivity contribution in [3.8, 4) is 0 Å². The minimum atomic E-state index is -0.242. The van der Waals surface area contributed by atoms with Crippen LogP contribution < -0.4 is 4.90 Å². The lowest BCUT2D eigenvalue weighted by Crippen LogP contribution is -2.34.